The Morgan fingerprint density at radius 1 is 1.18 bits per heavy atom. The van der Waals surface area contributed by atoms with Crippen molar-refractivity contribution < 1.29 is 9.90 Å². The lowest BCUT2D eigenvalue weighted by molar-refractivity contribution is 0.0746. The molecule has 0 aliphatic carbocycles. The van der Waals surface area contributed by atoms with Gasteiger partial charge in [-0.15, -0.1) is 0 Å². The first-order chi connectivity index (χ1) is 10.6. The van der Waals surface area contributed by atoms with E-state index in [1.807, 2.05) is 6.07 Å². The maximum Gasteiger partial charge on any atom is 0.254 e. The van der Waals surface area contributed by atoms with Crippen molar-refractivity contribution in [2.75, 3.05) is 31.1 Å². The van der Waals surface area contributed by atoms with Crippen molar-refractivity contribution in [2.45, 2.75) is 0 Å². The molecule has 114 valence electrons. The Labute approximate surface area is 133 Å². The number of aromatic nitrogens is 1. The van der Waals surface area contributed by atoms with Crippen LogP contribution in [-0.2, 0) is 0 Å². The maximum absolute atomic E-state index is 12.4. The highest BCUT2D eigenvalue weighted by atomic mass is 35.5. The largest absolute Gasteiger partial charge is 0.508 e. The van der Waals surface area contributed by atoms with Crippen LogP contribution >= 0.6 is 11.6 Å². The number of rotatable bonds is 2. The third kappa shape index (κ3) is 2.99. The molecule has 1 N–H and O–H groups in total. The number of hydrogen-bond donors (Lipinski definition) is 1. The van der Waals surface area contributed by atoms with E-state index in [0.29, 0.717) is 36.8 Å². The number of nitrogens with zero attached hydrogens (tertiary/aromatic N) is 3. The fourth-order valence-electron chi connectivity index (χ4n) is 2.60. The van der Waals surface area contributed by atoms with Gasteiger partial charge in [0.05, 0.1) is 10.7 Å². The number of hydrogen-bond acceptors (Lipinski definition) is 4. The van der Waals surface area contributed by atoms with E-state index in [-0.39, 0.29) is 11.7 Å². The fraction of sp³-hybridized carbons (Fsp3) is 0.250. The molecule has 22 heavy (non-hydrogen) atoms. The van der Waals surface area contributed by atoms with Crippen LogP contribution in [0.25, 0.3) is 0 Å². The number of benzene rings is 1. The minimum absolute atomic E-state index is 0.0589. The molecule has 1 fully saturated rings. The van der Waals surface area contributed by atoms with Gasteiger partial charge in [0, 0.05) is 44.1 Å². The van der Waals surface area contributed by atoms with Crippen LogP contribution in [0.4, 0.5) is 5.69 Å². The normalized spacial score (nSPS) is 15.0. The molecule has 0 unspecified atom stereocenters. The zero-order valence-corrected chi connectivity index (χ0v) is 12.7. The molecule has 1 aliphatic heterocycles. The van der Waals surface area contributed by atoms with Gasteiger partial charge in [-0.05, 0) is 24.3 Å². The first-order valence-corrected chi connectivity index (χ1v) is 7.46. The number of phenols is 1. The average Bonchev–Trinajstić information content (AvgIpc) is 2.55. The van der Waals surface area contributed by atoms with Gasteiger partial charge in [-0.25, -0.2) is 0 Å². The van der Waals surface area contributed by atoms with Crippen molar-refractivity contribution >= 4 is 23.2 Å². The molecule has 1 aromatic heterocycles. The molecule has 0 radical (unpaired) electrons. The zero-order chi connectivity index (χ0) is 15.5. The number of piperazine rings is 1. The summed E-state index contributed by atoms with van der Waals surface area (Å²) < 4.78 is 0. The smallest absolute Gasteiger partial charge is 0.254 e. The summed E-state index contributed by atoms with van der Waals surface area (Å²) >= 11 is 6.16. The second kappa shape index (κ2) is 6.23. The van der Waals surface area contributed by atoms with Gasteiger partial charge >= 0.3 is 0 Å². The maximum atomic E-state index is 12.4. The van der Waals surface area contributed by atoms with Crippen molar-refractivity contribution in [3.05, 3.63) is 53.3 Å². The van der Waals surface area contributed by atoms with Crippen LogP contribution < -0.4 is 4.90 Å². The Hall–Kier alpha value is -2.27. The van der Waals surface area contributed by atoms with Crippen molar-refractivity contribution in [1.29, 1.82) is 0 Å². The number of amides is 1. The number of aromatic hydroxyl groups is 1. The highest BCUT2D eigenvalue weighted by Crippen LogP contribution is 2.25. The quantitative estimate of drug-likeness (QED) is 0.924. The van der Waals surface area contributed by atoms with Crippen molar-refractivity contribution in [2.24, 2.45) is 0 Å². The van der Waals surface area contributed by atoms with E-state index in [4.69, 9.17) is 11.6 Å². The van der Waals surface area contributed by atoms with Crippen LogP contribution in [-0.4, -0.2) is 47.1 Å². The van der Waals surface area contributed by atoms with Crippen LogP contribution in [0.5, 0.6) is 5.75 Å². The van der Waals surface area contributed by atoms with Gasteiger partial charge in [-0.1, -0.05) is 17.7 Å². The zero-order valence-electron chi connectivity index (χ0n) is 11.9. The lowest BCUT2D eigenvalue weighted by Gasteiger charge is -2.36. The SMILES string of the molecule is O=C(c1cccc(O)c1)N1CCN(c2ccncc2Cl)CC1. The molecule has 2 heterocycles. The Morgan fingerprint density at radius 2 is 1.95 bits per heavy atom. The third-order valence-electron chi connectivity index (χ3n) is 3.75. The molecule has 1 aliphatic rings. The van der Waals surface area contributed by atoms with Crippen molar-refractivity contribution in [3.63, 3.8) is 0 Å². The minimum atomic E-state index is -0.0589. The molecule has 0 spiro atoms. The van der Waals surface area contributed by atoms with Crippen LogP contribution in [0, 0.1) is 0 Å². The minimum Gasteiger partial charge on any atom is -0.508 e. The first-order valence-electron chi connectivity index (χ1n) is 7.08. The van der Waals surface area contributed by atoms with E-state index in [9.17, 15) is 9.90 Å². The first kappa shape index (κ1) is 14.7. The molecule has 0 atom stereocenters. The van der Waals surface area contributed by atoms with E-state index in [1.165, 1.54) is 6.07 Å². The van der Waals surface area contributed by atoms with Crippen LogP contribution in [0.1, 0.15) is 10.4 Å². The van der Waals surface area contributed by atoms with Crippen LogP contribution in [0.2, 0.25) is 5.02 Å². The fourth-order valence-corrected chi connectivity index (χ4v) is 2.84. The number of pyridine rings is 1. The Bertz CT molecular complexity index is 685. The second-order valence-corrected chi connectivity index (χ2v) is 5.56. The van der Waals surface area contributed by atoms with E-state index in [1.54, 1.807) is 35.5 Å². The van der Waals surface area contributed by atoms with Gasteiger partial charge in [0.15, 0.2) is 0 Å². The van der Waals surface area contributed by atoms with Gasteiger partial charge in [0.1, 0.15) is 5.75 Å². The third-order valence-corrected chi connectivity index (χ3v) is 4.04. The summed E-state index contributed by atoms with van der Waals surface area (Å²) in [5, 5.41) is 10.1. The molecule has 1 aromatic carbocycles. The number of carbonyl (C=O) groups excluding carboxylic acids is 1. The van der Waals surface area contributed by atoms with Gasteiger partial charge < -0.3 is 14.9 Å². The summed E-state index contributed by atoms with van der Waals surface area (Å²) in [6.45, 7) is 2.67. The van der Waals surface area contributed by atoms with Crippen molar-refractivity contribution in [1.82, 2.24) is 9.88 Å². The number of phenolic OH excluding ortho intramolecular Hbond substituents is 1. The standard InChI is InChI=1S/C16H16ClN3O2/c17-14-11-18-5-4-15(14)19-6-8-20(9-7-19)16(22)12-2-1-3-13(21)10-12/h1-5,10-11,21H,6-9H2. The van der Waals surface area contributed by atoms with E-state index in [0.717, 1.165) is 5.69 Å². The Balaban J connectivity index is 1.67. The lowest BCUT2D eigenvalue weighted by Crippen LogP contribution is -2.48. The molecule has 1 amide bonds. The average molecular weight is 318 g/mol. The summed E-state index contributed by atoms with van der Waals surface area (Å²) in [7, 11) is 0. The Morgan fingerprint density at radius 3 is 2.64 bits per heavy atom. The van der Waals surface area contributed by atoms with E-state index < -0.39 is 0 Å². The highest BCUT2D eigenvalue weighted by Gasteiger charge is 2.23. The summed E-state index contributed by atoms with van der Waals surface area (Å²) in [4.78, 5) is 20.3. The molecule has 0 bridgehead atoms. The summed E-state index contributed by atoms with van der Waals surface area (Å²) in [5.41, 5.74) is 1.46. The summed E-state index contributed by atoms with van der Waals surface area (Å²) in [6, 6.07) is 8.33. The van der Waals surface area contributed by atoms with Gasteiger partial charge in [0.25, 0.3) is 5.91 Å². The molecule has 6 heteroatoms. The van der Waals surface area contributed by atoms with Crippen LogP contribution in [0.3, 0.4) is 0 Å². The summed E-state index contributed by atoms with van der Waals surface area (Å²) in [5.74, 6) is 0.0458. The molecular formula is C16H16ClN3O2. The van der Waals surface area contributed by atoms with Gasteiger partial charge in [-0.3, -0.25) is 9.78 Å². The molecule has 5 nitrogen and oxygen atoms in total. The molecule has 1 saturated heterocycles. The van der Waals surface area contributed by atoms with Gasteiger partial charge in [-0.2, -0.15) is 0 Å². The number of halogens is 1. The molecule has 0 saturated carbocycles. The monoisotopic (exact) mass is 317 g/mol. The molecular weight excluding hydrogens is 302 g/mol. The van der Waals surface area contributed by atoms with E-state index >= 15 is 0 Å². The van der Waals surface area contributed by atoms with E-state index in [2.05, 4.69) is 9.88 Å². The lowest BCUT2D eigenvalue weighted by atomic mass is 10.1. The Kier molecular flexibility index (Phi) is 4.15. The van der Waals surface area contributed by atoms with Gasteiger partial charge in [0.2, 0.25) is 0 Å². The number of carbonyl (C=O) groups is 1. The highest BCUT2D eigenvalue weighted by molar-refractivity contribution is 6.33. The molecule has 2 aromatic rings. The summed E-state index contributed by atoms with van der Waals surface area (Å²) in [6.07, 6.45) is 3.34. The van der Waals surface area contributed by atoms with Crippen molar-refractivity contribution in [3.8, 4) is 5.75 Å². The topological polar surface area (TPSA) is 56.7 Å². The number of anilines is 1. The predicted molar refractivity (Wildman–Crippen MR) is 85.5 cm³/mol. The van der Waals surface area contributed by atoms with Crippen LogP contribution in [0.15, 0.2) is 42.7 Å². The second-order valence-electron chi connectivity index (χ2n) is 5.16. The predicted octanol–water partition coefficient (Wildman–Crippen LogP) is 2.40. The molecule has 3 rings (SSSR count).